The molecule has 9 nitrogen and oxygen atoms in total. The first kappa shape index (κ1) is 23.7. The first-order valence-electron chi connectivity index (χ1n) is 11.5. The van der Waals surface area contributed by atoms with Crippen molar-refractivity contribution in [3.63, 3.8) is 0 Å². The Kier molecular flexibility index (Phi) is 6.84. The summed E-state index contributed by atoms with van der Waals surface area (Å²) in [6.07, 6.45) is 5.81. The molecule has 0 fully saturated rings. The lowest BCUT2D eigenvalue weighted by atomic mass is 10.2. The van der Waals surface area contributed by atoms with Gasteiger partial charge in [-0.1, -0.05) is 30.3 Å². The van der Waals surface area contributed by atoms with Crippen molar-refractivity contribution >= 4 is 12.0 Å². The zero-order valence-corrected chi connectivity index (χ0v) is 19.9. The molecule has 3 aromatic heterocycles. The zero-order valence-electron chi connectivity index (χ0n) is 19.9. The number of furan rings is 1. The zero-order chi connectivity index (χ0) is 25.6. The van der Waals surface area contributed by atoms with Crippen LogP contribution in [0.15, 0.2) is 94.1 Å². The highest BCUT2D eigenvalue weighted by molar-refractivity contribution is 5.85. The number of rotatable bonds is 10. The standard InChI is InChI=1S/C28H23N3O6/c1-19-24(29-28(37-19)25-8-5-15-34-25)18-35-23-12-9-20(10-13-23)17-36-27-21(11-14-26(32)33)16-31(30-27)22-6-3-2-4-7-22/h2-16H,17-18H2,1H3,(H,32,33)/b14-11+. The molecule has 0 bridgehead atoms. The van der Waals surface area contributed by atoms with E-state index in [0.29, 0.717) is 40.3 Å². The SMILES string of the molecule is Cc1oc(-c2ccco2)nc1COc1ccc(COc2nn(-c3ccccc3)cc2/C=C/C(=O)O)cc1. The van der Waals surface area contributed by atoms with Gasteiger partial charge in [-0.15, -0.1) is 5.10 Å². The molecule has 0 aliphatic carbocycles. The van der Waals surface area contributed by atoms with E-state index in [0.717, 1.165) is 17.3 Å². The van der Waals surface area contributed by atoms with Gasteiger partial charge in [-0.05, 0) is 55.0 Å². The minimum absolute atomic E-state index is 0.245. The fraction of sp³-hybridized carbons (Fsp3) is 0.107. The predicted octanol–water partition coefficient (Wildman–Crippen LogP) is 5.68. The van der Waals surface area contributed by atoms with E-state index >= 15 is 0 Å². The highest BCUT2D eigenvalue weighted by atomic mass is 16.5. The Balaban J connectivity index is 1.23. The molecular formula is C28H23N3O6. The van der Waals surface area contributed by atoms with Crippen molar-refractivity contribution in [2.45, 2.75) is 20.1 Å². The lowest BCUT2D eigenvalue weighted by Gasteiger charge is -2.07. The number of carboxylic acids is 1. The molecule has 0 spiro atoms. The molecule has 1 N–H and O–H groups in total. The fourth-order valence-electron chi connectivity index (χ4n) is 3.52. The monoisotopic (exact) mass is 497 g/mol. The Morgan fingerprint density at radius 3 is 2.57 bits per heavy atom. The molecule has 186 valence electrons. The van der Waals surface area contributed by atoms with Gasteiger partial charge in [0.15, 0.2) is 5.76 Å². The maximum atomic E-state index is 11.0. The summed E-state index contributed by atoms with van der Waals surface area (Å²) in [6, 6.07) is 20.5. The minimum atomic E-state index is -1.05. The van der Waals surface area contributed by atoms with Gasteiger partial charge in [-0.2, -0.15) is 0 Å². The van der Waals surface area contributed by atoms with Crippen LogP contribution in [0.1, 0.15) is 22.6 Å². The number of aryl methyl sites for hydroxylation is 1. The van der Waals surface area contributed by atoms with Crippen LogP contribution >= 0.6 is 0 Å². The van der Waals surface area contributed by atoms with Crippen molar-refractivity contribution in [3.05, 3.63) is 108 Å². The summed E-state index contributed by atoms with van der Waals surface area (Å²) in [5.74, 6) is 1.60. The maximum absolute atomic E-state index is 11.0. The van der Waals surface area contributed by atoms with Crippen LogP contribution in [0.4, 0.5) is 0 Å². The second kappa shape index (κ2) is 10.7. The lowest BCUT2D eigenvalue weighted by Crippen LogP contribution is -2.00. The third kappa shape index (κ3) is 5.79. The van der Waals surface area contributed by atoms with E-state index < -0.39 is 5.97 Å². The van der Waals surface area contributed by atoms with Crippen molar-refractivity contribution in [1.29, 1.82) is 0 Å². The molecule has 0 atom stereocenters. The predicted molar refractivity (Wildman–Crippen MR) is 134 cm³/mol. The van der Waals surface area contributed by atoms with Crippen molar-refractivity contribution in [1.82, 2.24) is 14.8 Å². The molecule has 5 aromatic rings. The van der Waals surface area contributed by atoms with Crippen LogP contribution < -0.4 is 9.47 Å². The number of para-hydroxylation sites is 1. The van der Waals surface area contributed by atoms with Crippen molar-refractivity contribution in [2.75, 3.05) is 0 Å². The maximum Gasteiger partial charge on any atom is 0.328 e. The lowest BCUT2D eigenvalue weighted by molar-refractivity contribution is -0.131. The van der Waals surface area contributed by atoms with E-state index in [2.05, 4.69) is 10.1 Å². The number of benzene rings is 2. The first-order chi connectivity index (χ1) is 18.0. The summed E-state index contributed by atoms with van der Waals surface area (Å²) >= 11 is 0. The Morgan fingerprint density at radius 2 is 1.84 bits per heavy atom. The van der Waals surface area contributed by atoms with Crippen LogP contribution in [0.3, 0.4) is 0 Å². The fourth-order valence-corrected chi connectivity index (χ4v) is 3.52. The third-order valence-electron chi connectivity index (χ3n) is 5.43. The van der Waals surface area contributed by atoms with Gasteiger partial charge in [-0.25, -0.2) is 14.5 Å². The van der Waals surface area contributed by atoms with Crippen LogP contribution in [0.25, 0.3) is 23.4 Å². The minimum Gasteiger partial charge on any atom is -0.487 e. The number of aromatic nitrogens is 3. The number of hydrogen-bond acceptors (Lipinski definition) is 7. The van der Waals surface area contributed by atoms with E-state index in [-0.39, 0.29) is 13.2 Å². The average molecular weight is 498 g/mol. The molecule has 0 radical (unpaired) electrons. The van der Waals surface area contributed by atoms with Crippen molar-refractivity contribution in [2.24, 2.45) is 0 Å². The number of hydrogen-bond donors (Lipinski definition) is 1. The Bertz CT molecular complexity index is 1500. The summed E-state index contributed by atoms with van der Waals surface area (Å²) < 4.78 is 24.4. The number of nitrogens with zero attached hydrogens (tertiary/aromatic N) is 3. The highest BCUT2D eigenvalue weighted by Gasteiger charge is 2.14. The van der Waals surface area contributed by atoms with E-state index in [9.17, 15) is 4.79 Å². The first-order valence-corrected chi connectivity index (χ1v) is 11.5. The van der Waals surface area contributed by atoms with Crippen molar-refractivity contribution in [3.8, 4) is 29.0 Å². The molecule has 3 heterocycles. The van der Waals surface area contributed by atoms with Gasteiger partial charge in [0.1, 0.15) is 30.4 Å². The van der Waals surface area contributed by atoms with Gasteiger partial charge >= 0.3 is 5.97 Å². The molecule has 2 aromatic carbocycles. The smallest absolute Gasteiger partial charge is 0.328 e. The second-order valence-corrected chi connectivity index (χ2v) is 8.06. The molecule has 0 aliphatic heterocycles. The van der Waals surface area contributed by atoms with E-state index in [4.69, 9.17) is 23.4 Å². The summed E-state index contributed by atoms with van der Waals surface area (Å²) in [5, 5.41) is 13.5. The summed E-state index contributed by atoms with van der Waals surface area (Å²) in [4.78, 5) is 15.5. The molecule has 0 unspecified atom stereocenters. The van der Waals surface area contributed by atoms with Gasteiger partial charge in [0.05, 0.1) is 17.5 Å². The Labute approximate surface area is 212 Å². The van der Waals surface area contributed by atoms with Gasteiger partial charge in [0, 0.05) is 12.3 Å². The van der Waals surface area contributed by atoms with Gasteiger partial charge in [0.2, 0.25) is 5.88 Å². The normalized spacial score (nSPS) is 11.2. The molecule has 37 heavy (non-hydrogen) atoms. The van der Waals surface area contributed by atoms with Gasteiger partial charge in [0.25, 0.3) is 5.89 Å². The summed E-state index contributed by atoms with van der Waals surface area (Å²) in [7, 11) is 0. The number of carboxylic acid groups (broad SMARTS) is 1. The highest BCUT2D eigenvalue weighted by Crippen LogP contribution is 2.24. The summed E-state index contributed by atoms with van der Waals surface area (Å²) in [6.45, 7) is 2.33. The average Bonchev–Trinajstić information content (AvgIpc) is 3.66. The number of oxazole rings is 1. The van der Waals surface area contributed by atoms with Gasteiger partial charge in [-0.3, -0.25) is 0 Å². The van der Waals surface area contributed by atoms with Gasteiger partial charge < -0.3 is 23.4 Å². The molecular weight excluding hydrogens is 474 g/mol. The van der Waals surface area contributed by atoms with Crippen LogP contribution in [0.5, 0.6) is 11.6 Å². The Morgan fingerprint density at radius 1 is 1.03 bits per heavy atom. The van der Waals surface area contributed by atoms with E-state index in [1.807, 2.05) is 61.5 Å². The van der Waals surface area contributed by atoms with E-state index in [1.54, 1.807) is 29.3 Å². The molecule has 0 amide bonds. The molecule has 9 heteroatoms. The number of ether oxygens (including phenoxy) is 2. The quantitative estimate of drug-likeness (QED) is 0.245. The van der Waals surface area contributed by atoms with Crippen molar-refractivity contribution < 1.29 is 28.2 Å². The third-order valence-corrected chi connectivity index (χ3v) is 5.43. The number of aliphatic carboxylic acids is 1. The number of carbonyl (C=O) groups is 1. The molecule has 5 rings (SSSR count). The molecule has 0 saturated heterocycles. The largest absolute Gasteiger partial charge is 0.487 e. The second-order valence-electron chi connectivity index (χ2n) is 8.06. The summed E-state index contributed by atoms with van der Waals surface area (Å²) in [5.41, 5.74) is 2.98. The topological polar surface area (TPSA) is 113 Å². The molecule has 0 saturated carbocycles. The van der Waals surface area contributed by atoms with E-state index in [1.165, 1.54) is 6.08 Å². The van der Waals surface area contributed by atoms with Crippen LogP contribution in [0.2, 0.25) is 0 Å². The van der Waals surface area contributed by atoms with Crippen LogP contribution in [-0.4, -0.2) is 25.8 Å². The molecule has 0 aliphatic rings. The van der Waals surface area contributed by atoms with Crippen LogP contribution in [-0.2, 0) is 18.0 Å². The van der Waals surface area contributed by atoms with Crippen LogP contribution in [0, 0.1) is 6.92 Å². The Hall–Kier alpha value is -5.05.